The van der Waals surface area contributed by atoms with E-state index in [1.807, 2.05) is 38.1 Å². The first kappa shape index (κ1) is 24.6. The fourth-order valence-corrected chi connectivity index (χ4v) is 4.48. The minimum atomic E-state index is -3.77. The molecule has 1 atom stereocenters. The summed E-state index contributed by atoms with van der Waals surface area (Å²) in [5, 5.41) is 2.87. The van der Waals surface area contributed by atoms with Gasteiger partial charge in [-0.25, -0.2) is 8.42 Å². The summed E-state index contributed by atoms with van der Waals surface area (Å²) < 4.78 is 39.6. The highest BCUT2D eigenvalue weighted by molar-refractivity contribution is 9.10. The van der Waals surface area contributed by atoms with Crippen LogP contribution in [0.1, 0.15) is 25.5 Å². The molecule has 0 aromatic heterocycles. The number of carbonyl (C=O) groups excluding carboxylic acids is 1. The zero-order chi connectivity index (χ0) is 23.8. The van der Waals surface area contributed by atoms with E-state index in [1.165, 1.54) is 24.3 Å². The smallest absolute Gasteiger partial charge is 0.261 e. The van der Waals surface area contributed by atoms with Crippen LogP contribution in [0.25, 0.3) is 0 Å². The molecule has 0 aliphatic rings. The number of benzene rings is 3. The van der Waals surface area contributed by atoms with Crippen molar-refractivity contribution in [1.82, 2.24) is 5.32 Å². The molecule has 0 unspecified atom stereocenters. The fraction of sp³-hybridized carbons (Fsp3) is 0.208. The standard InChI is InChI=1S/C24H25BrN2O5S/c1-3-31-21-9-7-20(8-10-21)27-33(29,30)23-13-11-22(12-14-23)32-16-24(28)26-17(2)18-5-4-6-19(25)15-18/h4-15,17,27H,3,16H2,1-2H3,(H,26,28)/t17-/m0/s1. The van der Waals surface area contributed by atoms with Gasteiger partial charge < -0.3 is 14.8 Å². The number of amides is 1. The van der Waals surface area contributed by atoms with E-state index in [2.05, 4.69) is 26.0 Å². The first-order valence-electron chi connectivity index (χ1n) is 10.3. The first-order chi connectivity index (χ1) is 15.8. The maximum absolute atomic E-state index is 12.6. The molecule has 0 fully saturated rings. The molecule has 7 nitrogen and oxygen atoms in total. The van der Waals surface area contributed by atoms with Gasteiger partial charge in [-0.1, -0.05) is 28.1 Å². The molecule has 1 amide bonds. The zero-order valence-corrected chi connectivity index (χ0v) is 20.6. The SMILES string of the molecule is CCOc1ccc(NS(=O)(=O)c2ccc(OCC(=O)N[C@@H](C)c3cccc(Br)c3)cc2)cc1. The monoisotopic (exact) mass is 532 g/mol. The van der Waals surface area contributed by atoms with Crippen LogP contribution in [0.5, 0.6) is 11.5 Å². The molecule has 0 aliphatic heterocycles. The number of hydrogen-bond acceptors (Lipinski definition) is 5. The molecule has 33 heavy (non-hydrogen) atoms. The van der Waals surface area contributed by atoms with Crippen molar-refractivity contribution in [2.24, 2.45) is 0 Å². The summed E-state index contributed by atoms with van der Waals surface area (Å²) in [6, 6.07) is 20.0. The fourth-order valence-electron chi connectivity index (χ4n) is 3.01. The van der Waals surface area contributed by atoms with Crippen LogP contribution in [-0.4, -0.2) is 27.5 Å². The predicted octanol–water partition coefficient (Wildman–Crippen LogP) is 4.90. The van der Waals surface area contributed by atoms with Crippen LogP contribution in [0.15, 0.2) is 82.2 Å². The molecular formula is C24H25BrN2O5S. The number of ether oxygens (including phenoxy) is 2. The quantitative estimate of drug-likeness (QED) is 0.387. The number of anilines is 1. The van der Waals surface area contributed by atoms with Crippen molar-refractivity contribution in [1.29, 1.82) is 0 Å². The van der Waals surface area contributed by atoms with Gasteiger partial charge in [-0.2, -0.15) is 0 Å². The average Bonchev–Trinajstić information content (AvgIpc) is 2.79. The second-order valence-electron chi connectivity index (χ2n) is 7.17. The van der Waals surface area contributed by atoms with Crippen LogP contribution in [0.3, 0.4) is 0 Å². The Morgan fingerprint density at radius 2 is 1.61 bits per heavy atom. The minimum Gasteiger partial charge on any atom is -0.494 e. The largest absolute Gasteiger partial charge is 0.494 e. The van der Waals surface area contributed by atoms with E-state index in [-0.39, 0.29) is 23.5 Å². The summed E-state index contributed by atoms with van der Waals surface area (Å²) in [4.78, 5) is 12.3. The molecule has 0 heterocycles. The van der Waals surface area contributed by atoms with Crippen LogP contribution < -0.4 is 19.5 Å². The van der Waals surface area contributed by atoms with Gasteiger partial charge in [0.15, 0.2) is 6.61 Å². The van der Waals surface area contributed by atoms with Gasteiger partial charge in [0, 0.05) is 10.2 Å². The lowest BCUT2D eigenvalue weighted by Gasteiger charge is -2.15. The molecule has 0 aliphatic carbocycles. The number of halogens is 1. The summed E-state index contributed by atoms with van der Waals surface area (Å²) in [6.07, 6.45) is 0. The Morgan fingerprint density at radius 3 is 2.24 bits per heavy atom. The Hall–Kier alpha value is -3.04. The average molecular weight is 533 g/mol. The van der Waals surface area contributed by atoms with E-state index in [1.54, 1.807) is 24.3 Å². The normalized spacial score (nSPS) is 12.0. The van der Waals surface area contributed by atoms with Gasteiger partial charge in [0.1, 0.15) is 11.5 Å². The molecule has 0 saturated carbocycles. The van der Waals surface area contributed by atoms with Crippen molar-refractivity contribution in [3.8, 4) is 11.5 Å². The van der Waals surface area contributed by atoms with E-state index < -0.39 is 10.0 Å². The number of rotatable bonds is 10. The van der Waals surface area contributed by atoms with Crippen molar-refractivity contribution in [2.75, 3.05) is 17.9 Å². The first-order valence-corrected chi connectivity index (χ1v) is 12.6. The molecule has 3 rings (SSSR count). The van der Waals surface area contributed by atoms with Gasteiger partial charge in [-0.3, -0.25) is 9.52 Å². The summed E-state index contributed by atoms with van der Waals surface area (Å²) in [5.74, 6) is 0.772. The highest BCUT2D eigenvalue weighted by Crippen LogP contribution is 2.22. The van der Waals surface area contributed by atoms with Crippen LogP contribution in [0, 0.1) is 0 Å². The highest BCUT2D eigenvalue weighted by atomic mass is 79.9. The van der Waals surface area contributed by atoms with Gasteiger partial charge in [0.25, 0.3) is 15.9 Å². The highest BCUT2D eigenvalue weighted by Gasteiger charge is 2.15. The van der Waals surface area contributed by atoms with E-state index in [4.69, 9.17) is 9.47 Å². The molecule has 3 aromatic rings. The van der Waals surface area contributed by atoms with E-state index in [0.29, 0.717) is 23.8 Å². The Balaban J connectivity index is 1.54. The van der Waals surface area contributed by atoms with Crippen molar-refractivity contribution >= 4 is 37.5 Å². The Kier molecular flexibility index (Phi) is 8.35. The lowest BCUT2D eigenvalue weighted by molar-refractivity contribution is -0.123. The maximum Gasteiger partial charge on any atom is 0.261 e. The summed E-state index contributed by atoms with van der Waals surface area (Å²) in [7, 11) is -3.77. The molecule has 2 N–H and O–H groups in total. The third kappa shape index (κ3) is 7.23. The summed E-state index contributed by atoms with van der Waals surface area (Å²) in [5.41, 5.74) is 1.39. The van der Waals surface area contributed by atoms with Gasteiger partial charge in [0.05, 0.1) is 17.5 Å². The lowest BCUT2D eigenvalue weighted by atomic mass is 10.1. The Labute approximate surface area is 202 Å². The lowest BCUT2D eigenvalue weighted by Crippen LogP contribution is -2.31. The van der Waals surface area contributed by atoms with E-state index in [9.17, 15) is 13.2 Å². The van der Waals surface area contributed by atoms with Crippen molar-refractivity contribution in [2.45, 2.75) is 24.8 Å². The molecule has 0 saturated heterocycles. The van der Waals surface area contributed by atoms with Crippen LogP contribution in [0.4, 0.5) is 5.69 Å². The predicted molar refractivity (Wildman–Crippen MR) is 131 cm³/mol. The van der Waals surface area contributed by atoms with Crippen molar-refractivity contribution in [3.05, 3.63) is 82.8 Å². The topological polar surface area (TPSA) is 93.7 Å². The molecule has 0 radical (unpaired) electrons. The maximum atomic E-state index is 12.6. The van der Waals surface area contributed by atoms with Crippen molar-refractivity contribution < 1.29 is 22.7 Å². The summed E-state index contributed by atoms with van der Waals surface area (Å²) in [6.45, 7) is 4.11. The number of carbonyl (C=O) groups is 1. The molecular weight excluding hydrogens is 508 g/mol. The number of sulfonamides is 1. The molecule has 174 valence electrons. The van der Waals surface area contributed by atoms with Crippen LogP contribution >= 0.6 is 15.9 Å². The number of hydrogen-bond donors (Lipinski definition) is 2. The third-order valence-electron chi connectivity index (χ3n) is 4.65. The molecule has 0 bridgehead atoms. The Bertz CT molecular complexity index is 1180. The molecule has 9 heteroatoms. The third-order valence-corrected chi connectivity index (χ3v) is 6.54. The van der Waals surface area contributed by atoms with E-state index >= 15 is 0 Å². The number of nitrogens with one attached hydrogen (secondary N) is 2. The van der Waals surface area contributed by atoms with E-state index in [0.717, 1.165) is 10.0 Å². The second-order valence-corrected chi connectivity index (χ2v) is 9.77. The molecule has 3 aromatic carbocycles. The molecule has 0 spiro atoms. The van der Waals surface area contributed by atoms with Crippen LogP contribution in [0.2, 0.25) is 0 Å². The Morgan fingerprint density at radius 1 is 0.970 bits per heavy atom. The van der Waals surface area contributed by atoms with Crippen LogP contribution in [-0.2, 0) is 14.8 Å². The van der Waals surface area contributed by atoms with Crippen molar-refractivity contribution in [3.63, 3.8) is 0 Å². The minimum absolute atomic E-state index is 0.0801. The van der Waals surface area contributed by atoms with Gasteiger partial charge >= 0.3 is 0 Å². The van der Waals surface area contributed by atoms with Gasteiger partial charge in [-0.15, -0.1) is 0 Å². The van der Waals surface area contributed by atoms with Gasteiger partial charge in [0.2, 0.25) is 0 Å². The second kappa shape index (κ2) is 11.2. The van der Waals surface area contributed by atoms with Gasteiger partial charge in [-0.05, 0) is 80.1 Å². The zero-order valence-electron chi connectivity index (χ0n) is 18.2. The summed E-state index contributed by atoms with van der Waals surface area (Å²) >= 11 is 3.41.